The van der Waals surface area contributed by atoms with Crippen LogP contribution in [0, 0.1) is 0 Å². The number of anilines is 6. The zero-order valence-corrected chi connectivity index (χ0v) is 58.8. The summed E-state index contributed by atoms with van der Waals surface area (Å²) in [5, 5.41) is 11.5. The lowest BCUT2D eigenvalue weighted by Crippen LogP contribution is -2.10. The maximum absolute atomic E-state index is 6.99. The summed E-state index contributed by atoms with van der Waals surface area (Å²) >= 11 is 0. The van der Waals surface area contributed by atoms with Crippen LogP contribution in [-0.4, -0.2) is 9.13 Å². The SMILES string of the molecule is CCCCCCc1cc(CCCCCC)cc(-n2c3ccccc3c3ccc(N(c4ccccc4)c4ccc5c(c4)oc4cc6cc7c(cc6cc45)oc4cc(N(c5ccccc5)c5ccc6c8ccccc8n(-c8cc(CCCCCC)cc(CCCCCC)c8)c6c5)ccc47)cc32)c1. The summed E-state index contributed by atoms with van der Waals surface area (Å²) < 4.78 is 19.1. The third-order valence-electron chi connectivity index (χ3n) is 21.2. The van der Waals surface area contributed by atoms with Crippen molar-refractivity contribution in [3.8, 4) is 11.4 Å². The Bertz CT molecular complexity index is 5180. The van der Waals surface area contributed by atoms with Crippen molar-refractivity contribution in [1.82, 2.24) is 9.13 Å². The number of aromatic nitrogens is 2. The smallest absolute Gasteiger partial charge is 0.137 e. The number of aryl methyl sites for hydroxylation is 4. The van der Waals surface area contributed by atoms with Gasteiger partial charge in [0.25, 0.3) is 0 Å². The highest BCUT2D eigenvalue weighted by atomic mass is 16.3. The van der Waals surface area contributed by atoms with Crippen molar-refractivity contribution < 1.29 is 8.83 Å². The second-order valence-corrected chi connectivity index (χ2v) is 28.3. The van der Waals surface area contributed by atoms with Crippen molar-refractivity contribution in [2.45, 2.75) is 156 Å². The molecular formula is C94H92N4O2. The van der Waals surface area contributed by atoms with E-state index in [2.05, 4.69) is 289 Å². The molecule has 6 heteroatoms. The van der Waals surface area contributed by atoms with Gasteiger partial charge in [-0.3, -0.25) is 0 Å². The Balaban J connectivity index is 0.751. The van der Waals surface area contributed by atoms with Crippen LogP contribution in [0.1, 0.15) is 153 Å². The highest BCUT2D eigenvalue weighted by Gasteiger charge is 2.23. The normalized spacial score (nSPS) is 12.0. The first kappa shape index (κ1) is 64.4. The molecule has 0 saturated heterocycles. The predicted molar refractivity (Wildman–Crippen MR) is 428 cm³/mol. The average Bonchev–Trinajstić information content (AvgIpc) is 1.59. The van der Waals surface area contributed by atoms with Crippen LogP contribution in [0.5, 0.6) is 0 Å². The Labute approximate surface area is 589 Å². The number of hydrogen-bond acceptors (Lipinski definition) is 4. The maximum Gasteiger partial charge on any atom is 0.137 e. The van der Waals surface area contributed by atoms with Crippen LogP contribution in [0.15, 0.2) is 251 Å². The number of benzene rings is 12. The Kier molecular flexibility index (Phi) is 18.6. The molecule has 0 aliphatic rings. The van der Waals surface area contributed by atoms with Crippen LogP contribution >= 0.6 is 0 Å². The van der Waals surface area contributed by atoms with E-state index in [0.717, 1.165) is 114 Å². The molecule has 0 radical (unpaired) electrons. The molecule has 0 spiro atoms. The summed E-state index contributed by atoms with van der Waals surface area (Å²) in [6.07, 6.45) is 24.5. The third-order valence-corrected chi connectivity index (χ3v) is 21.2. The molecule has 0 aliphatic heterocycles. The van der Waals surface area contributed by atoms with Crippen molar-refractivity contribution in [3.63, 3.8) is 0 Å². The quantitative estimate of drug-likeness (QED) is 0.0458. The molecule has 16 aromatic rings. The molecule has 0 aliphatic carbocycles. The van der Waals surface area contributed by atoms with E-state index in [9.17, 15) is 0 Å². The lowest BCUT2D eigenvalue weighted by Gasteiger charge is -2.25. The van der Waals surface area contributed by atoms with E-state index < -0.39 is 0 Å². The minimum Gasteiger partial charge on any atom is -0.456 e. The molecule has 0 amide bonds. The highest BCUT2D eigenvalue weighted by Crippen LogP contribution is 2.46. The molecule has 16 rings (SSSR count). The number of hydrogen-bond donors (Lipinski definition) is 0. The van der Waals surface area contributed by atoms with Crippen molar-refractivity contribution in [2.24, 2.45) is 0 Å². The fraction of sp³-hybridized carbons (Fsp3) is 0.255. The van der Waals surface area contributed by atoms with E-state index in [1.54, 1.807) is 0 Å². The maximum atomic E-state index is 6.99. The van der Waals surface area contributed by atoms with Crippen molar-refractivity contribution in [2.75, 3.05) is 9.80 Å². The standard InChI is InChI=1S/C94H92N4O2/c1-5-9-13-19-31-65-51-66(32-20-14-10-6-2)54-77(53-65)97-87-41-29-27-39-79(87)81-47-43-73(61-89(81)97)95(71-35-23-17-24-36-71)75-45-49-83-85-57-69-60-92-86(58-70(69)59-91(85)99-93(83)63-75)84-50-46-76(64-94(84)100-92)96(72-37-25-18-26-38-72)74-44-48-82-80-40-28-30-42-88(80)98(90(82)62-74)78-55-67(33-21-15-11-7-3)52-68(56-78)34-22-16-12-8-4/h17-18,23-30,35-64H,5-16,19-22,31-34H2,1-4H3. The van der Waals surface area contributed by atoms with Crippen LogP contribution in [0.4, 0.5) is 34.1 Å². The summed E-state index contributed by atoms with van der Waals surface area (Å²) in [6.45, 7) is 9.21. The van der Waals surface area contributed by atoms with Crippen LogP contribution in [-0.2, 0) is 25.7 Å². The second kappa shape index (κ2) is 28.9. The molecule has 0 bridgehead atoms. The van der Waals surface area contributed by atoms with Gasteiger partial charge < -0.3 is 27.8 Å². The highest BCUT2D eigenvalue weighted by molar-refractivity contribution is 6.17. The first-order valence-electron chi connectivity index (χ1n) is 37.7. The molecule has 0 N–H and O–H groups in total. The zero-order chi connectivity index (χ0) is 67.5. The van der Waals surface area contributed by atoms with Crippen LogP contribution < -0.4 is 9.80 Å². The number of furan rings is 2. The van der Waals surface area contributed by atoms with Gasteiger partial charge in [0, 0.05) is 101 Å². The molecule has 100 heavy (non-hydrogen) atoms. The Morgan fingerprint density at radius 1 is 0.240 bits per heavy atom. The largest absolute Gasteiger partial charge is 0.456 e. The van der Waals surface area contributed by atoms with E-state index >= 15 is 0 Å². The number of unbranched alkanes of at least 4 members (excludes halogenated alkanes) is 12. The first-order chi connectivity index (χ1) is 49.4. The zero-order valence-electron chi connectivity index (χ0n) is 58.8. The fourth-order valence-corrected chi connectivity index (χ4v) is 16.2. The first-order valence-corrected chi connectivity index (χ1v) is 37.7. The van der Waals surface area contributed by atoms with E-state index in [4.69, 9.17) is 8.83 Å². The lowest BCUT2D eigenvalue weighted by molar-refractivity contribution is 0.661. The van der Waals surface area contributed by atoms with E-state index in [-0.39, 0.29) is 0 Å². The number of nitrogens with zero attached hydrogens (tertiary/aromatic N) is 4. The molecule has 4 aromatic heterocycles. The molecule has 12 aromatic carbocycles. The third kappa shape index (κ3) is 12.7. The summed E-state index contributed by atoms with van der Waals surface area (Å²) in [6, 6.07) is 91.0. The molecular weight excluding hydrogens is 1220 g/mol. The summed E-state index contributed by atoms with van der Waals surface area (Å²) in [7, 11) is 0. The van der Waals surface area contributed by atoms with Gasteiger partial charge in [0.05, 0.1) is 22.1 Å². The van der Waals surface area contributed by atoms with Gasteiger partial charge in [-0.05, 0) is 218 Å². The molecule has 0 fully saturated rings. The molecule has 0 saturated carbocycles. The number of fused-ring (bicyclic) bond motifs is 13. The van der Waals surface area contributed by atoms with Gasteiger partial charge in [-0.25, -0.2) is 0 Å². The van der Waals surface area contributed by atoms with Crippen molar-refractivity contribution in [1.29, 1.82) is 0 Å². The molecule has 0 unspecified atom stereocenters. The van der Waals surface area contributed by atoms with Gasteiger partial charge in [0.2, 0.25) is 0 Å². The van der Waals surface area contributed by atoms with E-state index in [0.29, 0.717) is 0 Å². The second-order valence-electron chi connectivity index (χ2n) is 28.3. The van der Waals surface area contributed by atoms with Gasteiger partial charge in [0.1, 0.15) is 22.3 Å². The monoisotopic (exact) mass is 1310 g/mol. The molecule has 500 valence electrons. The van der Waals surface area contributed by atoms with Crippen LogP contribution in [0.25, 0.3) is 110 Å². The van der Waals surface area contributed by atoms with Gasteiger partial charge in [-0.2, -0.15) is 0 Å². The minimum atomic E-state index is 0.844. The fourth-order valence-electron chi connectivity index (χ4n) is 16.2. The average molecular weight is 1310 g/mol. The van der Waals surface area contributed by atoms with E-state index in [1.807, 2.05) is 0 Å². The minimum absolute atomic E-state index is 0.844. The van der Waals surface area contributed by atoms with Crippen molar-refractivity contribution >= 4 is 132 Å². The number of para-hydroxylation sites is 4. The molecule has 6 nitrogen and oxygen atoms in total. The van der Waals surface area contributed by atoms with Gasteiger partial charge in [-0.1, -0.05) is 202 Å². The van der Waals surface area contributed by atoms with Crippen LogP contribution in [0.2, 0.25) is 0 Å². The molecule has 4 heterocycles. The number of rotatable bonds is 28. The van der Waals surface area contributed by atoms with Gasteiger partial charge >= 0.3 is 0 Å². The van der Waals surface area contributed by atoms with E-state index in [1.165, 1.54) is 180 Å². The predicted octanol–water partition coefficient (Wildman–Crippen LogP) is 28.3. The Morgan fingerprint density at radius 3 is 0.930 bits per heavy atom. The van der Waals surface area contributed by atoms with Crippen molar-refractivity contribution in [3.05, 3.63) is 265 Å². The molecule has 0 atom stereocenters. The summed E-state index contributed by atoms with van der Waals surface area (Å²) in [5.41, 5.74) is 22.9. The van der Waals surface area contributed by atoms with Gasteiger partial charge in [0.15, 0.2) is 0 Å². The topological polar surface area (TPSA) is 42.6 Å². The van der Waals surface area contributed by atoms with Gasteiger partial charge in [-0.15, -0.1) is 0 Å². The Morgan fingerprint density at radius 2 is 0.560 bits per heavy atom. The lowest BCUT2D eigenvalue weighted by atomic mass is 9.99. The summed E-state index contributed by atoms with van der Waals surface area (Å²) in [5.74, 6) is 0. The van der Waals surface area contributed by atoms with Crippen LogP contribution in [0.3, 0.4) is 0 Å². The Hall–Kier alpha value is -10.3. The summed E-state index contributed by atoms with van der Waals surface area (Å²) in [4.78, 5) is 4.77.